The summed E-state index contributed by atoms with van der Waals surface area (Å²) in [6.45, 7) is 0. The molecule has 0 spiro atoms. The lowest BCUT2D eigenvalue weighted by Gasteiger charge is -2.00. The highest BCUT2D eigenvalue weighted by atomic mass is 35.5. The van der Waals surface area contributed by atoms with Crippen molar-refractivity contribution in [3.63, 3.8) is 0 Å². The SMILES string of the molecule is Nc1nc(Cl)ccc1NO. The second kappa shape index (κ2) is 2.72. The van der Waals surface area contributed by atoms with Crippen molar-refractivity contribution in [2.24, 2.45) is 0 Å². The van der Waals surface area contributed by atoms with Crippen LogP contribution < -0.4 is 11.2 Å². The standard InChI is InChI=1S/C5H6ClN3O/c6-4-2-1-3(9-10)5(7)8-4/h1-2,9-10H,(H2,7,8). The maximum Gasteiger partial charge on any atom is 0.150 e. The van der Waals surface area contributed by atoms with Crippen LogP contribution in [0.2, 0.25) is 5.15 Å². The Morgan fingerprint density at radius 3 is 2.80 bits per heavy atom. The summed E-state index contributed by atoms with van der Waals surface area (Å²) in [6.07, 6.45) is 0. The van der Waals surface area contributed by atoms with Gasteiger partial charge in [0.25, 0.3) is 0 Å². The minimum absolute atomic E-state index is 0.176. The lowest BCUT2D eigenvalue weighted by atomic mass is 10.4. The quantitative estimate of drug-likeness (QED) is 0.424. The Balaban J connectivity index is 3.07. The highest BCUT2D eigenvalue weighted by Gasteiger charge is 1.97. The van der Waals surface area contributed by atoms with Gasteiger partial charge in [-0.2, -0.15) is 0 Å². The predicted molar refractivity (Wildman–Crippen MR) is 39.1 cm³/mol. The lowest BCUT2D eigenvalue weighted by molar-refractivity contribution is 0.389. The molecule has 54 valence electrons. The van der Waals surface area contributed by atoms with Crippen LogP contribution >= 0.6 is 11.6 Å². The van der Waals surface area contributed by atoms with Gasteiger partial charge < -0.3 is 5.73 Å². The molecule has 0 saturated heterocycles. The monoisotopic (exact) mass is 159 g/mol. The molecule has 0 unspecified atom stereocenters. The molecule has 1 aromatic rings. The molecule has 0 radical (unpaired) electrons. The van der Waals surface area contributed by atoms with Crippen molar-refractivity contribution in [1.29, 1.82) is 0 Å². The van der Waals surface area contributed by atoms with E-state index in [2.05, 4.69) is 4.98 Å². The van der Waals surface area contributed by atoms with Crippen LogP contribution in [0.15, 0.2) is 12.1 Å². The number of aromatic nitrogens is 1. The summed E-state index contributed by atoms with van der Waals surface area (Å²) in [5.41, 5.74) is 7.54. The Labute approximate surface area is 62.6 Å². The van der Waals surface area contributed by atoms with Gasteiger partial charge in [0.15, 0.2) is 5.82 Å². The molecular weight excluding hydrogens is 154 g/mol. The molecule has 0 aromatic carbocycles. The van der Waals surface area contributed by atoms with Gasteiger partial charge in [0.2, 0.25) is 0 Å². The number of rotatable bonds is 1. The van der Waals surface area contributed by atoms with Crippen molar-refractivity contribution in [3.8, 4) is 0 Å². The number of hydrogen-bond acceptors (Lipinski definition) is 4. The number of halogens is 1. The van der Waals surface area contributed by atoms with Gasteiger partial charge in [-0.15, -0.1) is 0 Å². The minimum atomic E-state index is 0.176. The molecule has 0 fully saturated rings. The molecule has 0 aliphatic carbocycles. The lowest BCUT2D eigenvalue weighted by Crippen LogP contribution is -1.98. The highest BCUT2D eigenvalue weighted by molar-refractivity contribution is 6.29. The minimum Gasteiger partial charge on any atom is -0.382 e. The number of pyridine rings is 1. The van der Waals surface area contributed by atoms with Crippen molar-refractivity contribution in [3.05, 3.63) is 17.3 Å². The summed E-state index contributed by atoms with van der Waals surface area (Å²) in [7, 11) is 0. The number of hydrogen-bond donors (Lipinski definition) is 3. The van der Waals surface area contributed by atoms with E-state index >= 15 is 0 Å². The summed E-state index contributed by atoms with van der Waals surface area (Å²) >= 11 is 5.47. The van der Waals surface area contributed by atoms with Gasteiger partial charge in [0.05, 0.1) is 0 Å². The largest absolute Gasteiger partial charge is 0.382 e. The summed E-state index contributed by atoms with van der Waals surface area (Å²) in [4.78, 5) is 3.67. The van der Waals surface area contributed by atoms with E-state index in [0.717, 1.165) is 0 Å². The fourth-order valence-corrected chi connectivity index (χ4v) is 0.699. The van der Waals surface area contributed by atoms with Gasteiger partial charge in [-0.3, -0.25) is 10.7 Å². The maximum absolute atomic E-state index is 8.40. The molecule has 0 aliphatic heterocycles. The molecule has 10 heavy (non-hydrogen) atoms. The first-order valence-electron chi connectivity index (χ1n) is 2.56. The molecule has 4 nitrogen and oxygen atoms in total. The Hall–Kier alpha value is -1.00. The first-order valence-corrected chi connectivity index (χ1v) is 2.94. The van der Waals surface area contributed by atoms with E-state index in [1.54, 1.807) is 0 Å². The Bertz CT molecular complexity index is 240. The summed E-state index contributed by atoms with van der Waals surface area (Å²) in [5.74, 6) is 0.176. The second-order valence-electron chi connectivity index (χ2n) is 1.68. The first-order chi connectivity index (χ1) is 4.74. The Kier molecular flexibility index (Phi) is 1.94. The van der Waals surface area contributed by atoms with E-state index < -0.39 is 0 Å². The Morgan fingerprint density at radius 2 is 2.30 bits per heavy atom. The molecule has 5 heteroatoms. The molecule has 0 amide bonds. The van der Waals surface area contributed by atoms with Crippen LogP contribution in [0.1, 0.15) is 0 Å². The van der Waals surface area contributed by atoms with E-state index in [1.165, 1.54) is 12.1 Å². The molecule has 0 saturated carbocycles. The van der Waals surface area contributed by atoms with Crippen LogP contribution in [0.3, 0.4) is 0 Å². The molecular formula is C5H6ClN3O. The van der Waals surface area contributed by atoms with E-state index in [0.29, 0.717) is 10.8 Å². The van der Waals surface area contributed by atoms with Crippen molar-refractivity contribution in [1.82, 2.24) is 4.98 Å². The average Bonchev–Trinajstić information content (AvgIpc) is 1.88. The zero-order chi connectivity index (χ0) is 7.56. The van der Waals surface area contributed by atoms with Crippen molar-refractivity contribution in [2.45, 2.75) is 0 Å². The molecule has 4 N–H and O–H groups in total. The zero-order valence-electron chi connectivity index (χ0n) is 5.00. The molecule has 1 heterocycles. The van der Waals surface area contributed by atoms with Gasteiger partial charge in [-0.25, -0.2) is 4.98 Å². The van der Waals surface area contributed by atoms with Gasteiger partial charge in [0, 0.05) is 0 Å². The molecule has 1 rings (SSSR count). The van der Waals surface area contributed by atoms with Gasteiger partial charge >= 0.3 is 0 Å². The smallest absolute Gasteiger partial charge is 0.150 e. The van der Waals surface area contributed by atoms with Crippen LogP contribution in [0.25, 0.3) is 0 Å². The first kappa shape index (κ1) is 7.11. The van der Waals surface area contributed by atoms with Crippen LogP contribution in [0.4, 0.5) is 11.5 Å². The topological polar surface area (TPSA) is 71.2 Å². The van der Waals surface area contributed by atoms with Gasteiger partial charge in [-0.1, -0.05) is 11.6 Å². The summed E-state index contributed by atoms with van der Waals surface area (Å²) in [5, 5.41) is 8.70. The van der Waals surface area contributed by atoms with E-state index in [-0.39, 0.29) is 5.82 Å². The van der Waals surface area contributed by atoms with Crippen molar-refractivity contribution < 1.29 is 5.21 Å². The summed E-state index contributed by atoms with van der Waals surface area (Å²) < 4.78 is 0. The van der Waals surface area contributed by atoms with E-state index in [4.69, 9.17) is 22.5 Å². The fourth-order valence-electron chi connectivity index (χ4n) is 0.545. The van der Waals surface area contributed by atoms with Crippen LogP contribution in [-0.4, -0.2) is 10.2 Å². The number of nitrogens with two attached hydrogens (primary N) is 1. The maximum atomic E-state index is 8.40. The van der Waals surface area contributed by atoms with Crippen LogP contribution in [-0.2, 0) is 0 Å². The molecule has 0 bridgehead atoms. The number of nitrogens with one attached hydrogen (secondary N) is 1. The van der Waals surface area contributed by atoms with E-state index in [9.17, 15) is 0 Å². The van der Waals surface area contributed by atoms with Crippen LogP contribution in [0, 0.1) is 0 Å². The molecule has 0 aliphatic rings. The summed E-state index contributed by atoms with van der Waals surface area (Å²) in [6, 6.07) is 3.06. The second-order valence-corrected chi connectivity index (χ2v) is 2.07. The van der Waals surface area contributed by atoms with Crippen LogP contribution in [0.5, 0.6) is 0 Å². The number of anilines is 2. The third-order valence-corrected chi connectivity index (χ3v) is 1.22. The molecule has 0 atom stereocenters. The normalized spacial score (nSPS) is 9.40. The van der Waals surface area contributed by atoms with Gasteiger partial charge in [-0.05, 0) is 12.1 Å². The van der Waals surface area contributed by atoms with Crippen molar-refractivity contribution >= 4 is 23.1 Å². The fraction of sp³-hybridized carbons (Fsp3) is 0. The van der Waals surface area contributed by atoms with Gasteiger partial charge in [0.1, 0.15) is 10.8 Å². The third kappa shape index (κ3) is 1.29. The third-order valence-electron chi connectivity index (χ3n) is 1.01. The highest BCUT2D eigenvalue weighted by Crippen LogP contribution is 2.16. The number of nitrogens with zero attached hydrogens (tertiary/aromatic N) is 1. The van der Waals surface area contributed by atoms with E-state index in [1.807, 2.05) is 5.48 Å². The van der Waals surface area contributed by atoms with Crippen molar-refractivity contribution in [2.75, 3.05) is 11.2 Å². The molecule has 1 aromatic heterocycles. The zero-order valence-corrected chi connectivity index (χ0v) is 5.76. The average molecular weight is 160 g/mol. The Morgan fingerprint density at radius 1 is 1.60 bits per heavy atom. The predicted octanol–water partition coefficient (Wildman–Crippen LogP) is 1.12. The number of nitrogen functional groups attached to an aromatic ring is 1.